The lowest BCUT2D eigenvalue weighted by atomic mass is 10.2. The van der Waals surface area contributed by atoms with Crippen LogP contribution in [0.3, 0.4) is 0 Å². The second kappa shape index (κ2) is 8.52. The van der Waals surface area contributed by atoms with Crippen LogP contribution in [0.15, 0.2) is 20.6 Å². The molecule has 4 aromatic heterocycles. The highest BCUT2D eigenvalue weighted by Gasteiger charge is 2.39. The van der Waals surface area contributed by atoms with Gasteiger partial charge in [0.1, 0.15) is 0 Å². The van der Waals surface area contributed by atoms with Gasteiger partial charge in [0.25, 0.3) is 0 Å². The van der Waals surface area contributed by atoms with E-state index in [0.717, 1.165) is 0 Å². The zero-order valence-electron chi connectivity index (χ0n) is 15.3. The van der Waals surface area contributed by atoms with Gasteiger partial charge in [-0.15, -0.1) is 68.9 Å². The molecule has 0 N–H and O–H groups in total. The van der Waals surface area contributed by atoms with Crippen molar-refractivity contribution in [3.8, 4) is 9.75 Å². The third-order valence-corrected chi connectivity index (χ3v) is 20.4. The summed E-state index contributed by atoms with van der Waals surface area (Å²) in [6.07, 6.45) is 2.46. The number of allylic oxidation sites excluding steroid dienone is 1. The summed E-state index contributed by atoms with van der Waals surface area (Å²) in [5.41, 5.74) is 0. The number of hydrogen-bond donors (Lipinski definition) is 0. The summed E-state index contributed by atoms with van der Waals surface area (Å²) in [5, 5.41) is 1.24. The first-order chi connectivity index (χ1) is 14.3. The fourth-order valence-electron chi connectivity index (χ4n) is 3.70. The normalized spacial score (nSPS) is 21.5. The summed E-state index contributed by atoms with van der Waals surface area (Å²) >= 11 is 22.4. The maximum Gasteiger partial charge on any atom is 0.0609 e. The fraction of sp³-hybridized carbons (Fsp3) is 0.200. The highest BCUT2D eigenvalue weighted by Crippen LogP contribution is 2.60. The fourth-order valence-corrected chi connectivity index (χ4v) is 18.2. The molecule has 6 rings (SSSR count). The van der Waals surface area contributed by atoms with Crippen molar-refractivity contribution >= 4 is 183 Å². The highest BCUT2D eigenvalue weighted by atomic mass is 127. The van der Waals surface area contributed by atoms with Crippen molar-refractivity contribution < 1.29 is 0 Å². The van der Waals surface area contributed by atoms with Crippen molar-refractivity contribution in [1.29, 1.82) is 0 Å². The molecule has 0 saturated carbocycles. The molecule has 0 nitrogen and oxygen atoms in total. The first-order valence-electron chi connectivity index (χ1n) is 8.84. The summed E-state index contributed by atoms with van der Waals surface area (Å²) in [4.78, 5) is 8.83. The Kier molecular flexibility index (Phi) is 6.49. The molecule has 0 aromatic carbocycles. The maximum atomic E-state index is 2.61. The van der Waals surface area contributed by atoms with Gasteiger partial charge in [-0.25, -0.2) is 0 Å². The predicted octanol–water partition coefficient (Wildman–Crippen LogP) is 11.3. The van der Waals surface area contributed by atoms with Gasteiger partial charge in [0.05, 0.1) is 44.7 Å². The van der Waals surface area contributed by atoms with E-state index in [1.165, 1.54) is 58.8 Å². The Bertz CT molecular complexity index is 1430. The van der Waals surface area contributed by atoms with Crippen LogP contribution in [0.25, 0.3) is 33.5 Å². The van der Waals surface area contributed by atoms with Crippen molar-refractivity contribution in [2.75, 3.05) is 0 Å². The number of fused-ring (bicyclic) bond motifs is 3. The van der Waals surface area contributed by atoms with E-state index >= 15 is 0 Å². The molecule has 4 aromatic rings. The molecule has 0 radical (unpaired) electrons. The first-order valence-corrected chi connectivity index (χ1v) is 18.2. The number of hydrogen-bond acceptors (Lipinski definition) is 6. The summed E-state index contributed by atoms with van der Waals surface area (Å²) < 4.78 is 11.7. The van der Waals surface area contributed by atoms with E-state index in [9.17, 15) is 0 Å². The first kappa shape index (κ1) is 22.9. The van der Waals surface area contributed by atoms with Crippen LogP contribution in [0.1, 0.15) is 16.7 Å². The topological polar surface area (TPSA) is 0 Å². The Morgan fingerprint density at radius 2 is 1.37 bits per heavy atom. The number of aryl methyl sites for hydroxylation is 1. The SMILES string of the molecule is CC1=CC2SC(c3sc4c(I)c(-c5sc6cc(C)sc6c5I)sc4c3I)=C(I)C2S1. The van der Waals surface area contributed by atoms with E-state index in [1.807, 2.05) is 57.1 Å². The average Bonchev–Trinajstić information content (AvgIpc) is 3.49. The Labute approximate surface area is 253 Å². The Balaban J connectivity index is 1.46. The van der Waals surface area contributed by atoms with Crippen molar-refractivity contribution in [3.63, 3.8) is 0 Å². The van der Waals surface area contributed by atoms with Crippen LogP contribution in [0.4, 0.5) is 0 Å². The van der Waals surface area contributed by atoms with Gasteiger partial charge in [-0.3, -0.25) is 0 Å². The number of halogens is 4. The molecule has 0 saturated heterocycles. The average molecular weight is 950 g/mol. The number of thiophene rings is 4. The van der Waals surface area contributed by atoms with E-state index in [0.29, 0.717) is 10.5 Å². The molecule has 0 amide bonds. The molecular formula is C20H10I4S6. The predicted molar refractivity (Wildman–Crippen MR) is 179 cm³/mol. The van der Waals surface area contributed by atoms with Gasteiger partial charge in [-0.2, -0.15) is 0 Å². The molecule has 2 unspecified atom stereocenters. The Morgan fingerprint density at radius 1 is 0.733 bits per heavy atom. The zero-order valence-corrected chi connectivity index (χ0v) is 28.8. The second-order valence-corrected chi connectivity index (χ2v) is 18.3. The minimum absolute atomic E-state index is 0.617. The van der Waals surface area contributed by atoms with Crippen LogP contribution in [0.5, 0.6) is 0 Å². The minimum Gasteiger partial charge on any atom is -0.139 e. The summed E-state index contributed by atoms with van der Waals surface area (Å²) in [7, 11) is 0. The lowest BCUT2D eigenvalue weighted by Gasteiger charge is -2.06. The second-order valence-electron chi connectivity index (χ2n) is 7.02. The van der Waals surface area contributed by atoms with Crippen molar-refractivity contribution in [2.45, 2.75) is 24.3 Å². The van der Waals surface area contributed by atoms with Crippen molar-refractivity contribution in [2.24, 2.45) is 0 Å². The van der Waals surface area contributed by atoms with Crippen LogP contribution >= 0.6 is 159 Å². The highest BCUT2D eigenvalue weighted by molar-refractivity contribution is 14.1. The van der Waals surface area contributed by atoms with Gasteiger partial charge < -0.3 is 0 Å². The number of rotatable bonds is 2. The van der Waals surface area contributed by atoms with Crippen LogP contribution in [-0.4, -0.2) is 10.5 Å². The Hall–Kier alpha value is 2.42. The van der Waals surface area contributed by atoms with Gasteiger partial charge in [-0.1, -0.05) is 6.08 Å². The third-order valence-electron chi connectivity index (χ3n) is 4.99. The largest absolute Gasteiger partial charge is 0.139 e. The Morgan fingerprint density at radius 3 is 2.07 bits per heavy atom. The van der Waals surface area contributed by atoms with E-state index in [1.54, 1.807) is 3.58 Å². The van der Waals surface area contributed by atoms with Gasteiger partial charge in [0.2, 0.25) is 0 Å². The summed E-state index contributed by atoms with van der Waals surface area (Å²) in [6.45, 7) is 4.46. The molecule has 30 heavy (non-hydrogen) atoms. The van der Waals surface area contributed by atoms with Crippen molar-refractivity contribution in [1.82, 2.24) is 0 Å². The number of thioether (sulfide) groups is 2. The van der Waals surface area contributed by atoms with E-state index in [2.05, 4.69) is 128 Å². The van der Waals surface area contributed by atoms with Gasteiger partial charge in [0, 0.05) is 23.3 Å². The van der Waals surface area contributed by atoms with E-state index in [4.69, 9.17) is 0 Å². The van der Waals surface area contributed by atoms with Gasteiger partial charge >= 0.3 is 0 Å². The zero-order chi connectivity index (χ0) is 20.9. The van der Waals surface area contributed by atoms with Gasteiger partial charge in [0.15, 0.2) is 0 Å². The minimum atomic E-state index is 0.617. The monoisotopic (exact) mass is 950 g/mol. The van der Waals surface area contributed by atoms with Crippen LogP contribution in [-0.2, 0) is 0 Å². The van der Waals surface area contributed by atoms with E-state index < -0.39 is 0 Å². The molecule has 2 atom stereocenters. The molecule has 10 heteroatoms. The molecule has 0 fully saturated rings. The lowest BCUT2D eigenvalue weighted by Crippen LogP contribution is -2.07. The van der Waals surface area contributed by atoms with Gasteiger partial charge in [-0.05, 0) is 115 Å². The standard InChI is InChI=1S/C20H10I4S6/c1-5-3-7-13(25-5)9(21)15(27-7)17-11(23)19-20(29-17)12(24)18(30-19)16-10(22)14-8(28-16)4-6(2)26-14/h3-4,7,13H,1-2H3. The molecule has 2 aliphatic rings. The molecule has 0 bridgehead atoms. The quantitative estimate of drug-likeness (QED) is 0.184. The molecule has 2 aliphatic heterocycles. The lowest BCUT2D eigenvalue weighted by molar-refractivity contribution is 1.14. The summed E-state index contributed by atoms with van der Waals surface area (Å²) in [6, 6.07) is 2.35. The smallest absolute Gasteiger partial charge is 0.0609 e. The molecule has 0 aliphatic carbocycles. The van der Waals surface area contributed by atoms with Crippen LogP contribution in [0, 0.1) is 17.6 Å². The maximum absolute atomic E-state index is 2.61. The van der Waals surface area contributed by atoms with E-state index in [-0.39, 0.29) is 0 Å². The van der Waals surface area contributed by atoms with Crippen LogP contribution in [0.2, 0.25) is 0 Å². The third kappa shape index (κ3) is 3.53. The van der Waals surface area contributed by atoms with Crippen molar-refractivity contribution in [3.05, 3.63) is 41.1 Å². The molecule has 154 valence electrons. The van der Waals surface area contributed by atoms with Crippen LogP contribution < -0.4 is 0 Å². The summed E-state index contributed by atoms with van der Waals surface area (Å²) in [5.74, 6) is 0. The molecular weight excluding hydrogens is 940 g/mol. The molecule has 0 spiro atoms. The molecule has 6 heterocycles.